The van der Waals surface area contributed by atoms with E-state index in [1.54, 1.807) is 44.5 Å². The molecule has 0 unspecified atom stereocenters. The Labute approximate surface area is 176 Å². The topological polar surface area (TPSA) is 102 Å². The van der Waals surface area contributed by atoms with E-state index in [1.807, 2.05) is 12.1 Å². The lowest BCUT2D eigenvalue weighted by Gasteiger charge is -2.29. The summed E-state index contributed by atoms with van der Waals surface area (Å²) in [4.78, 5) is 41.2. The van der Waals surface area contributed by atoms with Crippen LogP contribution in [0.4, 0.5) is 5.82 Å². The minimum absolute atomic E-state index is 0.174. The van der Waals surface area contributed by atoms with Gasteiger partial charge in [-0.3, -0.25) is 19.1 Å². The summed E-state index contributed by atoms with van der Waals surface area (Å²) in [5.74, 6) is 0.468. The maximum absolute atomic E-state index is 13.5. The number of rotatable bonds is 3. The predicted molar refractivity (Wildman–Crippen MR) is 115 cm³/mol. The number of H-pyrrole nitrogens is 1. The van der Waals surface area contributed by atoms with E-state index in [4.69, 9.17) is 9.47 Å². The summed E-state index contributed by atoms with van der Waals surface area (Å²) < 4.78 is 12.3. The third-order valence-corrected chi connectivity index (χ3v) is 5.88. The number of Topliss-reactive ketones (excluding diaryl/α,β-unsaturated/α-hetero) is 1. The lowest BCUT2D eigenvalue weighted by Crippen LogP contribution is -2.37. The van der Waals surface area contributed by atoms with Gasteiger partial charge in [0.2, 0.25) is 0 Å². The molecule has 0 amide bonds. The highest BCUT2D eigenvalue weighted by Crippen LogP contribution is 2.50. The highest BCUT2D eigenvalue weighted by molar-refractivity contribution is 6.23. The first-order chi connectivity index (χ1) is 15.0. The minimum atomic E-state index is -0.758. The number of nitrogens with one attached hydrogen (secondary N) is 2. The highest BCUT2D eigenvalue weighted by Gasteiger charge is 2.43. The van der Waals surface area contributed by atoms with Crippen LogP contribution in [0.1, 0.15) is 33.0 Å². The molecule has 3 aromatic rings. The fourth-order valence-corrected chi connectivity index (χ4v) is 4.41. The van der Waals surface area contributed by atoms with Crippen molar-refractivity contribution in [1.29, 1.82) is 0 Å². The van der Waals surface area contributed by atoms with Crippen molar-refractivity contribution in [2.75, 3.05) is 19.5 Å². The van der Waals surface area contributed by atoms with Crippen LogP contribution >= 0.6 is 0 Å². The molecule has 2 aromatic carbocycles. The van der Waals surface area contributed by atoms with E-state index in [0.29, 0.717) is 39.7 Å². The summed E-state index contributed by atoms with van der Waals surface area (Å²) in [5, 5.41) is 3.19. The molecule has 1 aliphatic heterocycles. The second-order valence-corrected chi connectivity index (χ2v) is 7.41. The molecule has 1 aromatic heterocycles. The Hall–Kier alpha value is -4.07. The van der Waals surface area contributed by atoms with Gasteiger partial charge in [0.05, 0.1) is 31.4 Å². The van der Waals surface area contributed by atoms with Crippen LogP contribution in [0.25, 0.3) is 5.70 Å². The van der Waals surface area contributed by atoms with Gasteiger partial charge < -0.3 is 14.8 Å². The number of hydrogen-bond acceptors (Lipinski definition) is 6. The van der Waals surface area contributed by atoms with Crippen molar-refractivity contribution >= 4 is 17.3 Å². The van der Waals surface area contributed by atoms with Crippen molar-refractivity contribution in [3.63, 3.8) is 0 Å². The van der Waals surface area contributed by atoms with Crippen LogP contribution in [0.3, 0.4) is 0 Å². The lowest BCUT2D eigenvalue weighted by atomic mass is 9.81. The molecule has 0 bridgehead atoms. The molecule has 2 aliphatic rings. The Morgan fingerprint density at radius 3 is 2.42 bits per heavy atom. The molecule has 0 spiro atoms. The molecule has 2 N–H and O–H groups in total. The van der Waals surface area contributed by atoms with Gasteiger partial charge in [0.15, 0.2) is 5.78 Å². The molecule has 1 atom stereocenters. The first-order valence-electron chi connectivity index (χ1n) is 9.66. The van der Waals surface area contributed by atoms with Gasteiger partial charge in [-0.15, -0.1) is 0 Å². The number of fused-ring (bicyclic) bond motifs is 3. The number of anilines is 1. The molecule has 1 aliphatic carbocycles. The lowest BCUT2D eigenvalue weighted by molar-refractivity contribution is 0.103. The number of ketones is 1. The largest absolute Gasteiger partial charge is 0.497 e. The molecule has 0 saturated heterocycles. The molecule has 5 rings (SSSR count). The van der Waals surface area contributed by atoms with Crippen molar-refractivity contribution in [3.05, 3.63) is 91.1 Å². The number of carbonyl (C=O) groups is 1. The molecule has 31 heavy (non-hydrogen) atoms. The number of hydrogen-bond donors (Lipinski definition) is 2. The van der Waals surface area contributed by atoms with Gasteiger partial charge in [0.25, 0.3) is 5.56 Å². The number of aromatic nitrogens is 2. The fraction of sp³-hybridized carbons (Fsp3) is 0.174. The Morgan fingerprint density at radius 2 is 1.71 bits per heavy atom. The summed E-state index contributed by atoms with van der Waals surface area (Å²) in [7, 11) is 4.64. The molecule has 0 saturated carbocycles. The standard InChI is InChI=1S/C23H19N3O5/c1-26-21-18(22(28)25-23(26)29)16(14-10-11(30-2)8-9-15(14)31-3)17-19(24-21)12-6-4-5-7-13(12)20(17)27/h4-10,16,24H,1-3H3,(H,25,28,29)/t16-/m1/s1. The number of ether oxygens (including phenoxy) is 2. The average Bonchev–Trinajstić information content (AvgIpc) is 3.08. The van der Waals surface area contributed by atoms with Crippen LogP contribution in [0.2, 0.25) is 0 Å². The Morgan fingerprint density at radius 1 is 0.968 bits per heavy atom. The summed E-state index contributed by atoms with van der Waals surface area (Å²) in [6.45, 7) is 0. The molecule has 8 heteroatoms. The molecule has 8 nitrogen and oxygen atoms in total. The first kappa shape index (κ1) is 18.9. The van der Waals surface area contributed by atoms with E-state index in [2.05, 4.69) is 10.3 Å². The third kappa shape index (κ3) is 2.58. The number of allylic oxidation sites excluding steroid dienone is 1. The van der Waals surface area contributed by atoms with E-state index in [9.17, 15) is 14.4 Å². The smallest absolute Gasteiger partial charge is 0.329 e. The van der Waals surface area contributed by atoms with Gasteiger partial charge in [0.1, 0.15) is 17.3 Å². The minimum Gasteiger partial charge on any atom is -0.497 e. The molecule has 0 radical (unpaired) electrons. The van der Waals surface area contributed by atoms with E-state index >= 15 is 0 Å². The van der Waals surface area contributed by atoms with Crippen LogP contribution in [-0.4, -0.2) is 29.6 Å². The fourth-order valence-electron chi connectivity index (χ4n) is 4.41. The van der Waals surface area contributed by atoms with Crippen LogP contribution in [-0.2, 0) is 7.05 Å². The average molecular weight is 417 g/mol. The van der Waals surface area contributed by atoms with Gasteiger partial charge in [-0.1, -0.05) is 24.3 Å². The van der Waals surface area contributed by atoms with Gasteiger partial charge in [-0.25, -0.2) is 4.79 Å². The number of benzene rings is 2. The zero-order chi connectivity index (χ0) is 21.9. The molecule has 2 heterocycles. The van der Waals surface area contributed by atoms with Gasteiger partial charge in [-0.05, 0) is 18.2 Å². The van der Waals surface area contributed by atoms with Crippen molar-refractivity contribution in [3.8, 4) is 11.5 Å². The van der Waals surface area contributed by atoms with Crippen molar-refractivity contribution < 1.29 is 14.3 Å². The summed E-state index contributed by atoms with van der Waals surface area (Å²) >= 11 is 0. The van der Waals surface area contributed by atoms with Crippen molar-refractivity contribution in [2.45, 2.75) is 5.92 Å². The van der Waals surface area contributed by atoms with Crippen LogP contribution in [0.15, 0.2) is 57.6 Å². The van der Waals surface area contributed by atoms with Crippen LogP contribution < -0.4 is 26.0 Å². The number of aromatic amines is 1. The van der Waals surface area contributed by atoms with Crippen LogP contribution in [0, 0.1) is 0 Å². The zero-order valence-electron chi connectivity index (χ0n) is 17.1. The maximum atomic E-state index is 13.5. The molecule has 0 fully saturated rings. The quantitative estimate of drug-likeness (QED) is 0.678. The Kier molecular flexibility index (Phi) is 4.11. The van der Waals surface area contributed by atoms with Crippen molar-refractivity contribution in [2.24, 2.45) is 7.05 Å². The normalized spacial score (nSPS) is 16.4. The van der Waals surface area contributed by atoms with E-state index in [0.717, 1.165) is 5.56 Å². The molecular weight excluding hydrogens is 398 g/mol. The Bertz CT molecular complexity index is 1410. The van der Waals surface area contributed by atoms with Crippen LogP contribution in [0.5, 0.6) is 11.5 Å². The molecule has 156 valence electrons. The summed E-state index contributed by atoms with van der Waals surface area (Å²) in [6, 6.07) is 12.5. The predicted octanol–water partition coefficient (Wildman–Crippen LogP) is 2.26. The summed E-state index contributed by atoms with van der Waals surface area (Å²) in [5.41, 5.74) is 2.06. The van der Waals surface area contributed by atoms with E-state index in [1.165, 1.54) is 11.7 Å². The summed E-state index contributed by atoms with van der Waals surface area (Å²) in [6.07, 6.45) is 0. The second kappa shape index (κ2) is 6.73. The number of carbonyl (C=O) groups excluding carboxylic acids is 1. The SMILES string of the molecule is COc1ccc(OC)c([C@@H]2C3=C(Nc4c2c(=O)[nH]c(=O)n4C)c2ccccc2C3=O)c1. The zero-order valence-corrected chi connectivity index (χ0v) is 17.1. The molecular formula is C23H19N3O5. The van der Waals surface area contributed by atoms with Gasteiger partial charge >= 0.3 is 5.69 Å². The van der Waals surface area contributed by atoms with Gasteiger partial charge in [-0.2, -0.15) is 0 Å². The first-order valence-corrected chi connectivity index (χ1v) is 9.66. The third-order valence-electron chi connectivity index (χ3n) is 5.88. The monoisotopic (exact) mass is 417 g/mol. The number of methoxy groups -OCH3 is 2. The van der Waals surface area contributed by atoms with E-state index in [-0.39, 0.29) is 11.3 Å². The number of nitrogens with zero attached hydrogens (tertiary/aromatic N) is 1. The maximum Gasteiger partial charge on any atom is 0.329 e. The Balaban J connectivity index is 1.90. The van der Waals surface area contributed by atoms with Gasteiger partial charge in [0, 0.05) is 29.3 Å². The van der Waals surface area contributed by atoms with E-state index < -0.39 is 17.2 Å². The highest BCUT2D eigenvalue weighted by atomic mass is 16.5. The van der Waals surface area contributed by atoms with Crippen molar-refractivity contribution in [1.82, 2.24) is 9.55 Å². The second-order valence-electron chi connectivity index (χ2n) is 7.41.